The van der Waals surface area contributed by atoms with Crippen LogP contribution in [0.2, 0.25) is 0 Å². The van der Waals surface area contributed by atoms with Crippen LogP contribution < -0.4 is 16.0 Å². The van der Waals surface area contributed by atoms with E-state index in [4.69, 9.17) is 4.42 Å². The quantitative estimate of drug-likeness (QED) is 0.735. The standard InChI is InChI=1S/C20H23N3O3/c1-4-5-12-22(2)16-9-6-14(7-10-16)19(24)21-15-8-11-17-18(13-15)26-20(25)23(17)3/h6-11,13H,4-5,12H2,1-3H3,(H,21,24). The van der Waals surface area contributed by atoms with Crippen LogP contribution in [0.5, 0.6) is 0 Å². The number of anilines is 2. The number of carbonyl (C=O) groups excluding carboxylic acids is 1. The Morgan fingerprint density at radius 2 is 1.92 bits per heavy atom. The van der Waals surface area contributed by atoms with Crippen LogP contribution >= 0.6 is 0 Å². The maximum absolute atomic E-state index is 12.5. The van der Waals surface area contributed by atoms with Gasteiger partial charge in [-0.2, -0.15) is 0 Å². The van der Waals surface area contributed by atoms with Crippen molar-refractivity contribution < 1.29 is 9.21 Å². The fourth-order valence-electron chi connectivity index (χ4n) is 2.81. The highest BCUT2D eigenvalue weighted by atomic mass is 16.4. The summed E-state index contributed by atoms with van der Waals surface area (Å²) in [5, 5.41) is 2.84. The lowest BCUT2D eigenvalue weighted by molar-refractivity contribution is 0.102. The van der Waals surface area contributed by atoms with Gasteiger partial charge in [0.1, 0.15) is 0 Å². The average Bonchev–Trinajstić information content (AvgIpc) is 2.93. The first-order valence-electron chi connectivity index (χ1n) is 8.71. The molecule has 0 radical (unpaired) electrons. The van der Waals surface area contributed by atoms with Crippen LogP contribution in [0.25, 0.3) is 11.1 Å². The van der Waals surface area contributed by atoms with Crippen molar-refractivity contribution in [2.45, 2.75) is 19.8 Å². The van der Waals surface area contributed by atoms with Crippen molar-refractivity contribution in [1.29, 1.82) is 0 Å². The first-order valence-corrected chi connectivity index (χ1v) is 8.71. The number of hydrogen-bond donors (Lipinski definition) is 1. The van der Waals surface area contributed by atoms with E-state index in [1.54, 1.807) is 25.2 Å². The molecule has 0 bridgehead atoms. The summed E-state index contributed by atoms with van der Waals surface area (Å²) < 4.78 is 6.58. The van der Waals surface area contributed by atoms with E-state index in [0.717, 1.165) is 25.1 Å². The third-order valence-electron chi connectivity index (χ3n) is 4.47. The minimum absolute atomic E-state index is 0.203. The Morgan fingerprint density at radius 3 is 2.62 bits per heavy atom. The molecule has 1 aromatic heterocycles. The molecule has 0 unspecified atom stereocenters. The van der Waals surface area contributed by atoms with E-state index in [1.807, 2.05) is 31.3 Å². The van der Waals surface area contributed by atoms with E-state index in [9.17, 15) is 9.59 Å². The molecule has 3 rings (SSSR count). The van der Waals surface area contributed by atoms with Gasteiger partial charge in [-0.1, -0.05) is 13.3 Å². The van der Waals surface area contributed by atoms with Crippen molar-refractivity contribution in [2.24, 2.45) is 7.05 Å². The average molecular weight is 353 g/mol. The number of carbonyl (C=O) groups is 1. The van der Waals surface area contributed by atoms with E-state index in [-0.39, 0.29) is 5.91 Å². The zero-order chi connectivity index (χ0) is 18.7. The Labute approximate surface area is 152 Å². The molecule has 0 fully saturated rings. The predicted octanol–water partition coefficient (Wildman–Crippen LogP) is 3.62. The van der Waals surface area contributed by atoms with E-state index in [1.165, 1.54) is 4.57 Å². The normalized spacial score (nSPS) is 10.9. The van der Waals surface area contributed by atoms with E-state index in [0.29, 0.717) is 22.4 Å². The smallest absolute Gasteiger partial charge is 0.408 e. The lowest BCUT2D eigenvalue weighted by atomic mass is 10.1. The van der Waals surface area contributed by atoms with Gasteiger partial charge in [-0.05, 0) is 42.8 Å². The summed E-state index contributed by atoms with van der Waals surface area (Å²) in [4.78, 5) is 26.2. The number of nitrogens with one attached hydrogen (secondary N) is 1. The van der Waals surface area contributed by atoms with Crippen LogP contribution in [-0.4, -0.2) is 24.1 Å². The molecule has 0 spiro atoms. The van der Waals surface area contributed by atoms with Crippen molar-refractivity contribution in [1.82, 2.24) is 4.57 Å². The Kier molecular flexibility index (Phi) is 5.11. The van der Waals surface area contributed by atoms with Gasteiger partial charge < -0.3 is 14.6 Å². The van der Waals surface area contributed by atoms with Crippen LogP contribution in [-0.2, 0) is 7.05 Å². The number of oxazole rings is 1. The molecule has 0 aliphatic heterocycles. The van der Waals surface area contributed by atoms with E-state index >= 15 is 0 Å². The van der Waals surface area contributed by atoms with Crippen molar-refractivity contribution in [3.05, 3.63) is 58.6 Å². The first-order chi connectivity index (χ1) is 12.5. The number of aromatic nitrogens is 1. The first kappa shape index (κ1) is 17.8. The largest absolute Gasteiger partial charge is 0.419 e. The molecule has 3 aromatic rings. The Balaban J connectivity index is 1.72. The second kappa shape index (κ2) is 7.47. The number of benzene rings is 2. The monoisotopic (exact) mass is 353 g/mol. The SMILES string of the molecule is CCCCN(C)c1ccc(C(=O)Nc2ccc3c(c2)oc(=O)n3C)cc1. The molecule has 0 saturated heterocycles. The molecular formula is C20H23N3O3. The minimum atomic E-state index is -0.425. The van der Waals surface area contributed by atoms with Gasteiger partial charge in [-0.15, -0.1) is 0 Å². The fourth-order valence-corrected chi connectivity index (χ4v) is 2.81. The zero-order valence-electron chi connectivity index (χ0n) is 15.3. The van der Waals surface area contributed by atoms with Gasteiger partial charge >= 0.3 is 5.76 Å². The van der Waals surface area contributed by atoms with Crippen molar-refractivity contribution in [2.75, 3.05) is 23.8 Å². The number of hydrogen-bond acceptors (Lipinski definition) is 4. The van der Waals surface area contributed by atoms with Gasteiger partial charge in [0, 0.05) is 43.6 Å². The van der Waals surface area contributed by atoms with Gasteiger partial charge in [0.25, 0.3) is 5.91 Å². The molecule has 2 aromatic carbocycles. The van der Waals surface area contributed by atoms with Crippen molar-refractivity contribution in [3.8, 4) is 0 Å². The number of amides is 1. The Hall–Kier alpha value is -3.02. The van der Waals surface area contributed by atoms with Gasteiger partial charge in [-0.3, -0.25) is 9.36 Å². The summed E-state index contributed by atoms with van der Waals surface area (Å²) in [5.74, 6) is -0.628. The van der Waals surface area contributed by atoms with Crippen LogP contribution in [0, 0.1) is 0 Å². The molecule has 0 aliphatic rings. The second-order valence-electron chi connectivity index (χ2n) is 6.39. The summed E-state index contributed by atoms with van der Waals surface area (Å²) >= 11 is 0. The molecule has 136 valence electrons. The number of aryl methyl sites for hydroxylation is 1. The van der Waals surface area contributed by atoms with E-state index < -0.39 is 5.76 Å². The molecule has 6 heteroatoms. The molecule has 0 aliphatic carbocycles. The number of nitrogens with zero attached hydrogens (tertiary/aromatic N) is 2. The summed E-state index contributed by atoms with van der Waals surface area (Å²) in [6.07, 6.45) is 2.29. The topological polar surface area (TPSA) is 67.5 Å². The molecule has 6 nitrogen and oxygen atoms in total. The van der Waals surface area contributed by atoms with Crippen LogP contribution in [0.1, 0.15) is 30.1 Å². The molecular weight excluding hydrogens is 330 g/mol. The molecule has 1 heterocycles. The zero-order valence-corrected chi connectivity index (χ0v) is 15.3. The third kappa shape index (κ3) is 3.64. The highest BCUT2D eigenvalue weighted by Crippen LogP contribution is 2.19. The van der Waals surface area contributed by atoms with Gasteiger partial charge in [0.15, 0.2) is 5.58 Å². The number of rotatable bonds is 6. The Morgan fingerprint density at radius 1 is 1.19 bits per heavy atom. The maximum Gasteiger partial charge on any atom is 0.419 e. The number of fused-ring (bicyclic) bond motifs is 1. The van der Waals surface area contributed by atoms with Gasteiger partial charge in [0.05, 0.1) is 5.52 Å². The second-order valence-corrected chi connectivity index (χ2v) is 6.39. The van der Waals surface area contributed by atoms with E-state index in [2.05, 4.69) is 17.1 Å². The van der Waals surface area contributed by atoms with Crippen molar-refractivity contribution in [3.63, 3.8) is 0 Å². The van der Waals surface area contributed by atoms with Gasteiger partial charge in [-0.25, -0.2) is 4.79 Å². The fraction of sp³-hybridized carbons (Fsp3) is 0.300. The summed E-state index contributed by atoms with van der Waals surface area (Å²) in [6, 6.07) is 12.7. The maximum atomic E-state index is 12.5. The number of unbranched alkanes of at least 4 members (excludes halogenated alkanes) is 1. The van der Waals surface area contributed by atoms with Crippen LogP contribution in [0.15, 0.2) is 51.7 Å². The minimum Gasteiger partial charge on any atom is -0.408 e. The summed E-state index contributed by atoms with van der Waals surface area (Å²) in [5.41, 5.74) is 3.38. The lowest BCUT2D eigenvalue weighted by Gasteiger charge is -2.19. The highest BCUT2D eigenvalue weighted by Gasteiger charge is 2.10. The predicted molar refractivity (Wildman–Crippen MR) is 104 cm³/mol. The molecule has 1 N–H and O–H groups in total. The molecule has 0 saturated carbocycles. The lowest BCUT2D eigenvalue weighted by Crippen LogP contribution is -2.18. The summed E-state index contributed by atoms with van der Waals surface area (Å²) in [6.45, 7) is 3.16. The van der Waals surface area contributed by atoms with Crippen molar-refractivity contribution >= 4 is 28.4 Å². The third-order valence-corrected chi connectivity index (χ3v) is 4.47. The van der Waals surface area contributed by atoms with Crippen LogP contribution in [0.3, 0.4) is 0 Å². The van der Waals surface area contributed by atoms with Crippen LogP contribution in [0.4, 0.5) is 11.4 Å². The van der Waals surface area contributed by atoms with Gasteiger partial charge in [0.2, 0.25) is 0 Å². The molecule has 26 heavy (non-hydrogen) atoms. The molecule has 0 atom stereocenters. The highest BCUT2D eigenvalue weighted by molar-refractivity contribution is 6.05. The molecule has 1 amide bonds. The summed E-state index contributed by atoms with van der Waals surface area (Å²) in [7, 11) is 3.69. The Bertz CT molecular complexity index is 970.